The summed E-state index contributed by atoms with van der Waals surface area (Å²) in [6.07, 6.45) is 3.80. The first-order valence-corrected chi connectivity index (χ1v) is 5.40. The molecule has 0 atom stereocenters. The second kappa shape index (κ2) is 15.1. The van der Waals surface area contributed by atoms with Crippen molar-refractivity contribution in [3.63, 3.8) is 0 Å². The van der Waals surface area contributed by atoms with Crippen LogP contribution >= 0.6 is 7.60 Å². The molecule has 0 aliphatic heterocycles. The average Bonchev–Trinajstić information content (AvgIpc) is 1.78. The van der Waals surface area contributed by atoms with Crippen LogP contribution in [0.5, 0.6) is 0 Å². The molecule has 0 unspecified atom stereocenters. The molecule has 68 valence electrons. The predicted octanol–water partition coefficient (Wildman–Crippen LogP) is -0.201. The Morgan fingerprint density at radius 3 is 1.77 bits per heavy atom. The van der Waals surface area contributed by atoms with Crippen LogP contribution in [0.15, 0.2) is 0 Å². The SMILES string of the molecule is CCCCCCP(=O)(O)O.[NaH].[NaH].[NaH]. The molecule has 7 heteroatoms. The van der Waals surface area contributed by atoms with Crippen LogP contribution in [-0.4, -0.2) is 105 Å². The molecule has 0 fully saturated rings. The maximum absolute atomic E-state index is 10.3. The van der Waals surface area contributed by atoms with Crippen LogP contribution in [0.2, 0.25) is 0 Å². The minimum absolute atomic E-state index is 0. The van der Waals surface area contributed by atoms with Gasteiger partial charge in [-0.3, -0.25) is 4.57 Å². The Kier molecular flexibility index (Phi) is 29.3. The third kappa shape index (κ3) is 25.4. The molecule has 13 heavy (non-hydrogen) atoms. The van der Waals surface area contributed by atoms with Gasteiger partial charge < -0.3 is 9.79 Å². The minimum atomic E-state index is -3.71. The fraction of sp³-hybridized carbons (Fsp3) is 1.00. The predicted molar refractivity (Wildman–Crippen MR) is 62.5 cm³/mol. The molecule has 0 saturated carbocycles. The van der Waals surface area contributed by atoms with Crippen molar-refractivity contribution in [2.75, 3.05) is 6.16 Å². The third-order valence-electron chi connectivity index (χ3n) is 1.30. The number of hydrogen-bond acceptors (Lipinski definition) is 1. The Hall–Kier alpha value is 3.15. The first kappa shape index (κ1) is 25.1. The fourth-order valence-electron chi connectivity index (χ4n) is 0.745. The van der Waals surface area contributed by atoms with Crippen molar-refractivity contribution in [1.82, 2.24) is 0 Å². The van der Waals surface area contributed by atoms with Crippen molar-refractivity contribution < 1.29 is 14.4 Å². The summed E-state index contributed by atoms with van der Waals surface area (Å²) >= 11 is 0. The summed E-state index contributed by atoms with van der Waals surface area (Å²) in [7, 11) is -3.71. The third-order valence-corrected chi connectivity index (χ3v) is 2.20. The van der Waals surface area contributed by atoms with Crippen molar-refractivity contribution in [1.29, 1.82) is 0 Å². The van der Waals surface area contributed by atoms with Gasteiger partial charge in [-0.05, 0) is 6.42 Å². The van der Waals surface area contributed by atoms with Gasteiger partial charge >= 0.3 is 96.3 Å². The summed E-state index contributed by atoms with van der Waals surface area (Å²) in [6, 6.07) is 0. The van der Waals surface area contributed by atoms with E-state index in [4.69, 9.17) is 9.79 Å². The van der Waals surface area contributed by atoms with Crippen molar-refractivity contribution in [3.05, 3.63) is 0 Å². The molecule has 0 aromatic heterocycles. The standard InChI is InChI=1S/C6H15O3P.3Na.3H/c1-2-3-4-5-6-10(7,8)9;;;;;;/h2-6H2,1H3,(H2,7,8,9);;;;;;. The van der Waals surface area contributed by atoms with E-state index in [0.717, 1.165) is 19.3 Å². The van der Waals surface area contributed by atoms with Gasteiger partial charge in [0.2, 0.25) is 0 Å². The Bertz CT molecular complexity index is 128. The van der Waals surface area contributed by atoms with E-state index in [9.17, 15) is 4.57 Å². The van der Waals surface area contributed by atoms with Crippen LogP contribution in [0, 0.1) is 0 Å². The van der Waals surface area contributed by atoms with Crippen LogP contribution in [0.3, 0.4) is 0 Å². The van der Waals surface area contributed by atoms with E-state index in [0.29, 0.717) is 6.42 Å². The van der Waals surface area contributed by atoms with E-state index >= 15 is 0 Å². The van der Waals surface area contributed by atoms with Gasteiger partial charge in [-0.1, -0.05) is 26.2 Å². The van der Waals surface area contributed by atoms with Crippen molar-refractivity contribution >= 4 is 96.3 Å². The van der Waals surface area contributed by atoms with Gasteiger partial charge in [0.05, 0.1) is 0 Å². The monoisotopic (exact) mass is 238 g/mol. The van der Waals surface area contributed by atoms with E-state index in [1.807, 2.05) is 0 Å². The Morgan fingerprint density at radius 1 is 1.00 bits per heavy atom. The van der Waals surface area contributed by atoms with E-state index < -0.39 is 7.60 Å². The van der Waals surface area contributed by atoms with Crippen LogP contribution < -0.4 is 0 Å². The summed E-state index contributed by atoms with van der Waals surface area (Å²) in [5.41, 5.74) is 0. The van der Waals surface area contributed by atoms with Gasteiger partial charge in [0, 0.05) is 6.16 Å². The van der Waals surface area contributed by atoms with Crippen LogP contribution in [-0.2, 0) is 4.57 Å². The number of rotatable bonds is 5. The second-order valence-electron chi connectivity index (χ2n) is 2.45. The van der Waals surface area contributed by atoms with Gasteiger partial charge in [-0.15, -0.1) is 0 Å². The summed E-state index contributed by atoms with van der Waals surface area (Å²) in [5, 5.41) is 0. The number of hydrogen-bond donors (Lipinski definition) is 2. The summed E-state index contributed by atoms with van der Waals surface area (Å²) in [6.45, 7) is 2.07. The molecule has 0 amide bonds. The first-order chi connectivity index (χ1) is 4.56. The molecular weight excluding hydrogens is 220 g/mol. The maximum atomic E-state index is 10.3. The molecular formula is C6H18Na3O3P. The molecule has 3 nitrogen and oxygen atoms in total. The Morgan fingerprint density at radius 2 is 1.46 bits per heavy atom. The molecule has 0 bridgehead atoms. The molecule has 0 aromatic rings. The van der Waals surface area contributed by atoms with Crippen LogP contribution in [0.1, 0.15) is 32.6 Å². The second-order valence-corrected chi connectivity index (χ2v) is 4.23. The van der Waals surface area contributed by atoms with E-state index in [1.165, 1.54) is 0 Å². The van der Waals surface area contributed by atoms with Gasteiger partial charge in [-0.25, -0.2) is 0 Å². The van der Waals surface area contributed by atoms with E-state index in [1.54, 1.807) is 0 Å². The molecule has 0 rings (SSSR count). The zero-order valence-corrected chi connectivity index (χ0v) is 7.18. The topological polar surface area (TPSA) is 57.5 Å². The molecule has 0 heterocycles. The molecule has 2 N–H and O–H groups in total. The quantitative estimate of drug-likeness (QED) is 0.396. The molecule has 0 spiro atoms. The Balaban J connectivity index is -0.000000135. The molecule has 0 aliphatic rings. The van der Waals surface area contributed by atoms with Gasteiger partial charge in [0.25, 0.3) is 0 Å². The zero-order valence-electron chi connectivity index (χ0n) is 6.29. The first-order valence-electron chi connectivity index (χ1n) is 3.61. The molecule has 0 aliphatic carbocycles. The zero-order chi connectivity index (χ0) is 8.04. The van der Waals surface area contributed by atoms with E-state index in [-0.39, 0.29) is 94.8 Å². The van der Waals surface area contributed by atoms with E-state index in [2.05, 4.69) is 6.92 Å². The van der Waals surface area contributed by atoms with Crippen molar-refractivity contribution in [2.24, 2.45) is 0 Å². The van der Waals surface area contributed by atoms with Crippen molar-refractivity contribution in [3.8, 4) is 0 Å². The number of unbranched alkanes of at least 4 members (excludes halogenated alkanes) is 3. The van der Waals surface area contributed by atoms with Crippen LogP contribution in [0.25, 0.3) is 0 Å². The van der Waals surface area contributed by atoms with Crippen molar-refractivity contribution in [2.45, 2.75) is 32.6 Å². The summed E-state index contributed by atoms with van der Waals surface area (Å²) in [5.74, 6) is 0. The Labute approximate surface area is 147 Å². The normalized spacial score (nSPS) is 9.15. The molecule has 0 saturated heterocycles. The van der Waals surface area contributed by atoms with Gasteiger partial charge in [0.15, 0.2) is 0 Å². The fourth-order valence-corrected chi connectivity index (χ4v) is 1.38. The summed E-state index contributed by atoms with van der Waals surface area (Å²) < 4.78 is 10.3. The molecule has 0 aromatic carbocycles. The van der Waals surface area contributed by atoms with Crippen LogP contribution in [0.4, 0.5) is 0 Å². The summed E-state index contributed by atoms with van der Waals surface area (Å²) in [4.78, 5) is 16.9. The van der Waals surface area contributed by atoms with Gasteiger partial charge in [-0.2, -0.15) is 0 Å². The van der Waals surface area contributed by atoms with Gasteiger partial charge in [0.1, 0.15) is 0 Å². The molecule has 0 radical (unpaired) electrons. The average molecular weight is 238 g/mol.